The molecule has 0 unspecified atom stereocenters. The van der Waals surface area contributed by atoms with E-state index in [1.807, 2.05) is 0 Å². The van der Waals surface area contributed by atoms with E-state index in [-0.39, 0.29) is 0 Å². The van der Waals surface area contributed by atoms with Crippen molar-refractivity contribution in [1.29, 1.82) is 0 Å². The number of rotatable bonds is 2. The van der Waals surface area contributed by atoms with Crippen LogP contribution in [-0.2, 0) is 4.74 Å². The van der Waals surface area contributed by atoms with Gasteiger partial charge in [-0.15, -0.1) is 0 Å². The number of hydrogen-bond acceptors (Lipinski definition) is 2. The molecule has 1 aliphatic carbocycles. The van der Waals surface area contributed by atoms with E-state index in [4.69, 9.17) is 4.74 Å². The first-order chi connectivity index (χ1) is 8.81. The monoisotopic (exact) mass is 267 g/mol. The third kappa shape index (κ3) is 3.95. The molecule has 1 heterocycles. The fourth-order valence-corrected chi connectivity index (χ4v) is 3.93. The molecular formula is C17H33NO. The van der Waals surface area contributed by atoms with E-state index < -0.39 is 0 Å². The molecule has 1 aliphatic heterocycles. The molecular weight excluding hydrogens is 234 g/mol. The summed E-state index contributed by atoms with van der Waals surface area (Å²) in [5.74, 6) is 1.63. The molecule has 0 aromatic heterocycles. The molecule has 0 aromatic carbocycles. The van der Waals surface area contributed by atoms with Crippen LogP contribution in [0.15, 0.2) is 0 Å². The van der Waals surface area contributed by atoms with E-state index in [2.05, 4.69) is 39.9 Å². The highest BCUT2D eigenvalue weighted by Crippen LogP contribution is 2.42. The number of ether oxygens (including phenoxy) is 1. The van der Waals surface area contributed by atoms with Gasteiger partial charge in [-0.05, 0) is 49.4 Å². The summed E-state index contributed by atoms with van der Waals surface area (Å²) in [5.41, 5.74) is 0.758. The lowest BCUT2D eigenvalue weighted by atomic mass is 9.67. The lowest BCUT2D eigenvalue weighted by molar-refractivity contribution is -0.0350. The Labute approximate surface area is 119 Å². The maximum atomic E-state index is 5.93. The Morgan fingerprint density at radius 3 is 2.37 bits per heavy atom. The summed E-state index contributed by atoms with van der Waals surface area (Å²) in [7, 11) is 0. The van der Waals surface area contributed by atoms with Crippen LogP contribution in [0.1, 0.15) is 66.7 Å². The van der Waals surface area contributed by atoms with E-state index in [9.17, 15) is 0 Å². The van der Waals surface area contributed by atoms with Gasteiger partial charge in [0.1, 0.15) is 0 Å². The van der Waals surface area contributed by atoms with Crippen molar-refractivity contribution in [2.75, 3.05) is 13.2 Å². The van der Waals surface area contributed by atoms with Gasteiger partial charge in [0.15, 0.2) is 0 Å². The van der Waals surface area contributed by atoms with Crippen LogP contribution < -0.4 is 5.32 Å². The number of nitrogens with one attached hydrogen (secondary N) is 1. The molecule has 2 rings (SSSR count). The average Bonchev–Trinajstić information content (AvgIpc) is 2.27. The Morgan fingerprint density at radius 2 is 1.84 bits per heavy atom. The summed E-state index contributed by atoms with van der Waals surface area (Å²) in [5, 5.41) is 3.95. The van der Waals surface area contributed by atoms with Gasteiger partial charge in [-0.1, -0.05) is 34.6 Å². The molecule has 1 atom stereocenters. The van der Waals surface area contributed by atoms with E-state index in [0.717, 1.165) is 25.0 Å². The van der Waals surface area contributed by atoms with Crippen molar-refractivity contribution >= 4 is 0 Å². The SMILES string of the molecule is CC(C)C[C@H]1COCC2(CCC(C(C)(C)C)CC2)N1. The topological polar surface area (TPSA) is 21.3 Å². The Morgan fingerprint density at radius 1 is 1.21 bits per heavy atom. The molecule has 1 saturated heterocycles. The fraction of sp³-hybridized carbons (Fsp3) is 1.00. The summed E-state index contributed by atoms with van der Waals surface area (Å²) in [6.45, 7) is 13.6. The predicted octanol–water partition coefficient (Wildman–Crippen LogP) is 4.00. The summed E-state index contributed by atoms with van der Waals surface area (Å²) in [6, 6.07) is 0.569. The van der Waals surface area contributed by atoms with Crippen LogP contribution in [-0.4, -0.2) is 24.8 Å². The molecule has 0 aromatic rings. The van der Waals surface area contributed by atoms with Gasteiger partial charge < -0.3 is 10.1 Å². The van der Waals surface area contributed by atoms with Crippen molar-refractivity contribution in [3.05, 3.63) is 0 Å². The van der Waals surface area contributed by atoms with Crippen LogP contribution in [0.3, 0.4) is 0 Å². The summed E-state index contributed by atoms with van der Waals surface area (Å²) < 4.78 is 5.93. The molecule has 2 aliphatic rings. The van der Waals surface area contributed by atoms with Crippen molar-refractivity contribution in [2.45, 2.75) is 78.3 Å². The van der Waals surface area contributed by atoms with E-state index in [1.54, 1.807) is 0 Å². The Kier molecular flexibility index (Phi) is 4.62. The predicted molar refractivity (Wildman–Crippen MR) is 81.3 cm³/mol. The molecule has 0 radical (unpaired) electrons. The third-order valence-electron chi connectivity index (χ3n) is 5.13. The summed E-state index contributed by atoms with van der Waals surface area (Å²) in [4.78, 5) is 0. The quantitative estimate of drug-likeness (QED) is 0.816. The molecule has 1 spiro atoms. The van der Waals surface area contributed by atoms with E-state index >= 15 is 0 Å². The third-order valence-corrected chi connectivity index (χ3v) is 5.13. The molecule has 2 fully saturated rings. The van der Waals surface area contributed by atoms with Crippen LogP contribution in [0.25, 0.3) is 0 Å². The maximum Gasteiger partial charge on any atom is 0.0649 e. The number of hydrogen-bond donors (Lipinski definition) is 1. The molecule has 2 nitrogen and oxygen atoms in total. The smallest absolute Gasteiger partial charge is 0.0649 e. The highest BCUT2D eigenvalue weighted by atomic mass is 16.5. The van der Waals surface area contributed by atoms with E-state index in [0.29, 0.717) is 17.0 Å². The summed E-state index contributed by atoms with van der Waals surface area (Å²) >= 11 is 0. The first kappa shape index (κ1) is 15.3. The molecule has 19 heavy (non-hydrogen) atoms. The van der Waals surface area contributed by atoms with Crippen molar-refractivity contribution < 1.29 is 4.74 Å². The zero-order valence-electron chi connectivity index (χ0n) is 13.6. The Bertz CT molecular complexity index is 284. The molecule has 1 saturated carbocycles. The second-order valence-electron chi connectivity index (χ2n) is 8.41. The number of morpholine rings is 1. The van der Waals surface area contributed by atoms with Crippen LogP contribution >= 0.6 is 0 Å². The van der Waals surface area contributed by atoms with Gasteiger partial charge in [-0.2, -0.15) is 0 Å². The molecule has 2 heteroatoms. The largest absolute Gasteiger partial charge is 0.378 e. The highest BCUT2D eigenvalue weighted by molar-refractivity contribution is 4.98. The zero-order chi connectivity index (χ0) is 14.1. The minimum absolute atomic E-state index is 0.291. The Hall–Kier alpha value is -0.0800. The summed E-state index contributed by atoms with van der Waals surface area (Å²) in [6.07, 6.45) is 6.54. The zero-order valence-corrected chi connectivity index (χ0v) is 13.6. The first-order valence-electron chi connectivity index (χ1n) is 8.16. The van der Waals surface area contributed by atoms with Gasteiger partial charge in [0.05, 0.1) is 13.2 Å². The Balaban J connectivity index is 1.91. The van der Waals surface area contributed by atoms with Crippen LogP contribution in [0.2, 0.25) is 0 Å². The highest BCUT2D eigenvalue weighted by Gasteiger charge is 2.41. The fourth-order valence-electron chi connectivity index (χ4n) is 3.93. The first-order valence-corrected chi connectivity index (χ1v) is 8.16. The normalized spacial score (nSPS) is 36.9. The molecule has 112 valence electrons. The van der Waals surface area contributed by atoms with Gasteiger partial charge >= 0.3 is 0 Å². The minimum atomic E-state index is 0.291. The maximum absolute atomic E-state index is 5.93. The lowest BCUT2D eigenvalue weighted by Crippen LogP contribution is -2.61. The lowest BCUT2D eigenvalue weighted by Gasteiger charge is -2.48. The molecule has 1 N–H and O–H groups in total. The van der Waals surface area contributed by atoms with Gasteiger partial charge in [-0.3, -0.25) is 0 Å². The van der Waals surface area contributed by atoms with Gasteiger partial charge in [-0.25, -0.2) is 0 Å². The second kappa shape index (κ2) is 5.73. The minimum Gasteiger partial charge on any atom is -0.378 e. The van der Waals surface area contributed by atoms with Crippen molar-refractivity contribution in [2.24, 2.45) is 17.3 Å². The molecule has 0 bridgehead atoms. The van der Waals surface area contributed by atoms with Gasteiger partial charge in [0.25, 0.3) is 0 Å². The van der Waals surface area contributed by atoms with Crippen LogP contribution in [0.5, 0.6) is 0 Å². The standard InChI is InChI=1S/C17H33NO/c1-13(2)10-15-11-19-12-17(18-15)8-6-14(7-9-17)16(3,4)5/h13-15,18H,6-12H2,1-5H3/t14?,15-,17?/m0/s1. The van der Waals surface area contributed by atoms with Gasteiger partial charge in [0, 0.05) is 11.6 Å². The average molecular weight is 267 g/mol. The van der Waals surface area contributed by atoms with Crippen LogP contribution in [0.4, 0.5) is 0 Å². The van der Waals surface area contributed by atoms with Crippen molar-refractivity contribution in [1.82, 2.24) is 5.32 Å². The van der Waals surface area contributed by atoms with E-state index in [1.165, 1.54) is 32.1 Å². The van der Waals surface area contributed by atoms with Crippen molar-refractivity contribution in [3.8, 4) is 0 Å². The van der Waals surface area contributed by atoms with Crippen LogP contribution in [0, 0.1) is 17.3 Å². The van der Waals surface area contributed by atoms with Gasteiger partial charge in [0.2, 0.25) is 0 Å². The second-order valence-corrected chi connectivity index (χ2v) is 8.41. The van der Waals surface area contributed by atoms with Crippen molar-refractivity contribution in [3.63, 3.8) is 0 Å². The molecule has 0 amide bonds.